The van der Waals surface area contributed by atoms with Crippen LogP contribution in [0.1, 0.15) is 44.6 Å². The molecule has 3 rings (SSSR count). The minimum atomic E-state index is -0.840. The Labute approximate surface area is 172 Å². The molecule has 156 valence electrons. The summed E-state index contributed by atoms with van der Waals surface area (Å²) in [7, 11) is 1.36. The summed E-state index contributed by atoms with van der Waals surface area (Å²) in [5.41, 5.74) is 0.363. The highest BCUT2D eigenvalue weighted by molar-refractivity contribution is 5.69. The second-order valence-corrected chi connectivity index (χ2v) is 8.11. The van der Waals surface area contributed by atoms with E-state index in [1.807, 2.05) is 42.5 Å². The number of benzene rings is 2. The lowest BCUT2D eigenvalue weighted by molar-refractivity contribution is -0.143. The predicted octanol–water partition coefficient (Wildman–Crippen LogP) is 4.62. The van der Waals surface area contributed by atoms with E-state index < -0.39 is 5.60 Å². The van der Waals surface area contributed by atoms with Crippen LogP contribution in [0.2, 0.25) is 0 Å². The first-order chi connectivity index (χ1) is 13.9. The van der Waals surface area contributed by atoms with Gasteiger partial charge in [-0.25, -0.2) is 0 Å². The molecule has 0 bridgehead atoms. The molecule has 0 aromatic heterocycles. The molecule has 0 heterocycles. The van der Waals surface area contributed by atoms with Crippen molar-refractivity contribution < 1.29 is 24.1 Å². The molecule has 0 saturated heterocycles. The van der Waals surface area contributed by atoms with Gasteiger partial charge in [-0.05, 0) is 60.9 Å². The lowest BCUT2D eigenvalue weighted by atomic mass is 9.66. The second-order valence-electron chi connectivity index (χ2n) is 8.11. The third kappa shape index (κ3) is 5.81. The number of methoxy groups -OCH3 is 1. The van der Waals surface area contributed by atoms with Crippen LogP contribution in [-0.2, 0) is 19.7 Å². The van der Waals surface area contributed by atoms with Gasteiger partial charge in [-0.15, -0.1) is 0 Å². The van der Waals surface area contributed by atoms with Crippen molar-refractivity contribution in [3.8, 4) is 11.5 Å². The number of ether oxygens (including phenoxy) is 3. The SMILES string of the molecule is COC(=O)CCOCC1(O)CCC(C)(c2cccc(Oc3ccccc3)c2)CC1. The molecule has 1 aliphatic rings. The lowest BCUT2D eigenvalue weighted by Gasteiger charge is -2.42. The summed E-state index contributed by atoms with van der Waals surface area (Å²) >= 11 is 0. The van der Waals surface area contributed by atoms with Crippen LogP contribution in [0.5, 0.6) is 11.5 Å². The molecule has 0 amide bonds. The van der Waals surface area contributed by atoms with Gasteiger partial charge in [0.05, 0.1) is 32.3 Å². The van der Waals surface area contributed by atoms with Crippen LogP contribution in [0, 0.1) is 0 Å². The summed E-state index contributed by atoms with van der Waals surface area (Å²) in [5.74, 6) is 1.34. The first-order valence-electron chi connectivity index (χ1n) is 10.1. The van der Waals surface area contributed by atoms with Crippen molar-refractivity contribution in [3.63, 3.8) is 0 Å². The highest BCUT2D eigenvalue weighted by Crippen LogP contribution is 2.44. The average molecular weight is 398 g/mol. The molecule has 5 heteroatoms. The number of carbonyl (C=O) groups is 1. The standard InChI is InChI=1S/C24H30O5/c1-23(12-14-24(26,15-13-23)18-28-16-11-22(25)27-2)19-7-6-10-21(17-19)29-20-8-4-3-5-9-20/h3-10,17,26H,11-16,18H2,1-2H3. The lowest BCUT2D eigenvalue weighted by Crippen LogP contribution is -2.43. The normalized spacial score (nSPS) is 24.1. The van der Waals surface area contributed by atoms with E-state index in [0.29, 0.717) is 12.8 Å². The molecule has 0 atom stereocenters. The van der Waals surface area contributed by atoms with Crippen LogP contribution in [0.4, 0.5) is 0 Å². The Morgan fingerprint density at radius 1 is 1.00 bits per heavy atom. The number of carbonyl (C=O) groups excluding carboxylic acids is 1. The summed E-state index contributed by atoms with van der Waals surface area (Å²) in [6, 6.07) is 18.0. The Kier molecular flexibility index (Phi) is 6.93. The summed E-state index contributed by atoms with van der Waals surface area (Å²) in [5, 5.41) is 10.9. The van der Waals surface area contributed by atoms with Gasteiger partial charge in [0.2, 0.25) is 0 Å². The zero-order valence-corrected chi connectivity index (χ0v) is 17.2. The van der Waals surface area contributed by atoms with Gasteiger partial charge in [0.1, 0.15) is 11.5 Å². The van der Waals surface area contributed by atoms with Crippen molar-refractivity contribution in [1.29, 1.82) is 0 Å². The largest absolute Gasteiger partial charge is 0.469 e. The van der Waals surface area contributed by atoms with Gasteiger partial charge in [0.25, 0.3) is 0 Å². The molecule has 2 aromatic carbocycles. The van der Waals surface area contributed by atoms with E-state index in [9.17, 15) is 9.90 Å². The molecule has 0 unspecified atom stereocenters. The van der Waals surface area contributed by atoms with E-state index in [-0.39, 0.29) is 31.0 Å². The summed E-state index contributed by atoms with van der Waals surface area (Å²) in [4.78, 5) is 11.2. The first kappa shape index (κ1) is 21.3. The summed E-state index contributed by atoms with van der Waals surface area (Å²) in [6.07, 6.45) is 3.24. The Morgan fingerprint density at radius 3 is 2.38 bits per heavy atom. The van der Waals surface area contributed by atoms with Gasteiger partial charge < -0.3 is 19.3 Å². The molecular weight excluding hydrogens is 368 g/mol. The Hall–Kier alpha value is -2.37. The zero-order chi connectivity index (χ0) is 20.7. The monoisotopic (exact) mass is 398 g/mol. The highest BCUT2D eigenvalue weighted by atomic mass is 16.5. The number of rotatable bonds is 8. The van der Waals surface area contributed by atoms with Crippen LogP contribution < -0.4 is 4.74 Å². The summed E-state index contributed by atoms with van der Waals surface area (Å²) < 4.78 is 16.1. The van der Waals surface area contributed by atoms with E-state index in [1.165, 1.54) is 12.7 Å². The van der Waals surface area contributed by atoms with Crippen LogP contribution in [0.25, 0.3) is 0 Å². The van der Waals surface area contributed by atoms with E-state index in [0.717, 1.165) is 24.3 Å². The van der Waals surface area contributed by atoms with Crippen molar-refractivity contribution in [2.75, 3.05) is 20.3 Å². The van der Waals surface area contributed by atoms with Gasteiger partial charge in [-0.3, -0.25) is 4.79 Å². The Balaban J connectivity index is 1.57. The zero-order valence-electron chi connectivity index (χ0n) is 17.2. The van der Waals surface area contributed by atoms with Crippen molar-refractivity contribution in [2.24, 2.45) is 0 Å². The van der Waals surface area contributed by atoms with Gasteiger partial charge in [-0.1, -0.05) is 37.3 Å². The highest BCUT2D eigenvalue weighted by Gasteiger charge is 2.40. The first-order valence-corrected chi connectivity index (χ1v) is 10.1. The Morgan fingerprint density at radius 2 is 1.69 bits per heavy atom. The van der Waals surface area contributed by atoms with Crippen molar-refractivity contribution in [1.82, 2.24) is 0 Å². The Bertz CT molecular complexity index is 794. The van der Waals surface area contributed by atoms with Crippen LogP contribution in [-0.4, -0.2) is 37.0 Å². The fraction of sp³-hybridized carbons (Fsp3) is 0.458. The van der Waals surface area contributed by atoms with E-state index >= 15 is 0 Å². The molecule has 1 saturated carbocycles. The topological polar surface area (TPSA) is 65.0 Å². The quantitative estimate of drug-likeness (QED) is 0.519. The summed E-state index contributed by atoms with van der Waals surface area (Å²) in [6.45, 7) is 2.76. The smallest absolute Gasteiger partial charge is 0.307 e. The van der Waals surface area contributed by atoms with Crippen molar-refractivity contribution in [2.45, 2.75) is 50.0 Å². The molecule has 5 nitrogen and oxygen atoms in total. The third-order valence-electron chi connectivity index (χ3n) is 5.84. The maximum absolute atomic E-state index is 11.2. The average Bonchev–Trinajstić information content (AvgIpc) is 2.74. The fourth-order valence-corrected chi connectivity index (χ4v) is 3.78. The third-order valence-corrected chi connectivity index (χ3v) is 5.84. The number of hydrogen-bond donors (Lipinski definition) is 1. The van der Waals surface area contributed by atoms with Crippen LogP contribution in [0.3, 0.4) is 0 Å². The fourth-order valence-electron chi connectivity index (χ4n) is 3.78. The van der Waals surface area contributed by atoms with Gasteiger partial charge >= 0.3 is 5.97 Å². The van der Waals surface area contributed by atoms with Gasteiger partial charge in [-0.2, -0.15) is 0 Å². The molecule has 0 spiro atoms. The minimum absolute atomic E-state index is 0.0195. The molecule has 1 aliphatic carbocycles. The minimum Gasteiger partial charge on any atom is -0.469 e. The second kappa shape index (κ2) is 9.42. The van der Waals surface area contributed by atoms with Gasteiger partial charge in [0, 0.05) is 0 Å². The van der Waals surface area contributed by atoms with E-state index in [1.54, 1.807) is 0 Å². The maximum Gasteiger partial charge on any atom is 0.307 e. The van der Waals surface area contributed by atoms with Crippen LogP contribution >= 0.6 is 0 Å². The van der Waals surface area contributed by atoms with E-state index in [2.05, 4.69) is 23.8 Å². The van der Waals surface area contributed by atoms with E-state index in [4.69, 9.17) is 9.47 Å². The molecular formula is C24H30O5. The predicted molar refractivity (Wildman–Crippen MR) is 111 cm³/mol. The molecule has 1 N–H and O–H groups in total. The van der Waals surface area contributed by atoms with Gasteiger partial charge in [0.15, 0.2) is 0 Å². The molecule has 0 radical (unpaired) electrons. The molecule has 0 aliphatic heterocycles. The van der Waals surface area contributed by atoms with Crippen LogP contribution in [0.15, 0.2) is 54.6 Å². The maximum atomic E-state index is 11.2. The number of esters is 1. The number of hydrogen-bond acceptors (Lipinski definition) is 5. The number of para-hydroxylation sites is 1. The molecule has 29 heavy (non-hydrogen) atoms. The van der Waals surface area contributed by atoms with Crippen molar-refractivity contribution >= 4 is 5.97 Å². The number of aliphatic hydroxyl groups is 1. The molecule has 1 fully saturated rings. The van der Waals surface area contributed by atoms with Crippen molar-refractivity contribution in [3.05, 3.63) is 60.2 Å². The molecule has 2 aromatic rings.